The quantitative estimate of drug-likeness (QED) is 0.734. The highest BCUT2D eigenvalue weighted by atomic mass is 19.4. The van der Waals surface area contributed by atoms with Crippen LogP contribution in [0.2, 0.25) is 0 Å². The van der Waals surface area contributed by atoms with Gasteiger partial charge in [0, 0.05) is 12.8 Å². The van der Waals surface area contributed by atoms with E-state index in [1.165, 1.54) is 0 Å². The van der Waals surface area contributed by atoms with Crippen LogP contribution in [0.25, 0.3) is 0 Å². The summed E-state index contributed by atoms with van der Waals surface area (Å²) in [6, 6.07) is 0. The number of alkyl halides is 3. The van der Waals surface area contributed by atoms with E-state index >= 15 is 0 Å². The number of carbonyl (C=O) groups is 1. The summed E-state index contributed by atoms with van der Waals surface area (Å²) in [5.41, 5.74) is 0. The van der Waals surface area contributed by atoms with E-state index in [2.05, 4.69) is 0 Å². The molecule has 0 spiro atoms. The third-order valence-corrected chi connectivity index (χ3v) is 2.47. The molecule has 1 rings (SSSR count). The average molecular weight is 224 g/mol. The summed E-state index contributed by atoms with van der Waals surface area (Å²) < 4.78 is 40.7. The van der Waals surface area contributed by atoms with Crippen molar-refractivity contribution in [2.75, 3.05) is 0 Å². The summed E-state index contributed by atoms with van der Waals surface area (Å²) in [7, 11) is 0. The number of ether oxygens (including phenoxy) is 1. The van der Waals surface area contributed by atoms with Gasteiger partial charge in [-0.05, 0) is 26.2 Å². The van der Waals surface area contributed by atoms with Crippen LogP contribution in [-0.2, 0) is 9.53 Å². The van der Waals surface area contributed by atoms with Gasteiger partial charge < -0.3 is 4.74 Å². The molecule has 1 aliphatic rings. The Morgan fingerprint density at radius 1 is 1.40 bits per heavy atom. The zero-order valence-corrected chi connectivity index (χ0v) is 8.64. The Bertz CT molecular complexity index is 225. The van der Waals surface area contributed by atoms with Gasteiger partial charge in [0.05, 0.1) is 6.10 Å². The predicted molar refractivity (Wildman–Crippen MR) is 48.5 cm³/mol. The van der Waals surface area contributed by atoms with Gasteiger partial charge in [-0.1, -0.05) is 0 Å². The number of ketones is 1. The van der Waals surface area contributed by atoms with Gasteiger partial charge in [0.1, 0.15) is 6.10 Å². The molecule has 0 aliphatic carbocycles. The molecule has 1 heterocycles. The molecule has 0 bridgehead atoms. The second-order valence-electron chi connectivity index (χ2n) is 3.95. The summed E-state index contributed by atoms with van der Waals surface area (Å²) in [5.74, 6) is -0.191. The zero-order chi connectivity index (χ0) is 11.5. The number of Topliss-reactive ketones (excluding diaryl/α,β-unsaturated/α-hetero) is 1. The van der Waals surface area contributed by atoms with Crippen molar-refractivity contribution in [3.05, 3.63) is 0 Å². The molecule has 0 aromatic rings. The van der Waals surface area contributed by atoms with Crippen LogP contribution in [0.15, 0.2) is 0 Å². The molecule has 2 nitrogen and oxygen atoms in total. The third kappa shape index (κ3) is 4.64. The highest BCUT2D eigenvalue weighted by Crippen LogP contribution is 2.25. The van der Waals surface area contributed by atoms with Crippen molar-refractivity contribution >= 4 is 5.78 Å². The van der Waals surface area contributed by atoms with Crippen molar-refractivity contribution < 1.29 is 22.7 Å². The maximum absolute atomic E-state index is 11.8. The molecule has 1 saturated heterocycles. The molecule has 0 N–H and O–H groups in total. The van der Waals surface area contributed by atoms with Crippen LogP contribution in [0.3, 0.4) is 0 Å². The van der Waals surface area contributed by atoms with Gasteiger partial charge in [-0.15, -0.1) is 0 Å². The minimum absolute atomic E-state index is 0.0309. The Morgan fingerprint density at radius 3 is 2.53 bits per heavy atom. The fourth-order valence-electron chi connectivity index (χ4n) is 1.66. The van der Waals surface area contributed by atoms with Crippen LogP contribution >= 0.6 is 0 Å². The highest BCUT2D eigenvalue weighted by molar-refractivity contribution is 5.83. The van der Waals surface area contributed by atoms with Gasteiger partial charge in [-0.3, -0.25) is 4.79 Å². The molecular formula is C10H15F3O2. The number of rotatable bonds is 4. The van der Waals surface area contributed by atoms with Crippen LogP contribution in [-0.4, -0.2) is 24.2 Å². The second kappa shape index (κ2) is 4.96. The Labute approximate surface area is 86.8 Å². The van der Waals surface area contributed by atoms with E-state index in [1.54, 1.807) is 0 Å². The van der Waals surface area contributed by atoms with Crippen molar-refractivity contribution in [1.82, 2.24) is 0 Å². The molecule has 0 saturated carbocycles. The number of hydrogen-bond acceptors (Lipinski definition) is 2. The highest BCUT2D eigenvalue weighted by Gasteiger charge is 2.30. The average Bonchev–Trinajstić information content (AvgIpc) is 2.49. The van der Waals surface area contributed by atoms with Crippen LogP contribution in [0, 0.1) is 0 Å². The van der Waals surface area contributed by atoms with E-state index in [9.17, 15) is 18.0 Å². The molecule has 1 fully saturated rings. The fraction of sp³-hybridized carbons (Fsp3) is 0.900. The lowest BCUT2D eigenvalue weighted by Crippen LogP contribution is -2.21. The summed E-state index contributed by atoms with van der Waals surface area (Å²) in [4.78, 5) is 11.4. The third-order valence-electron chi connectivity index (χ3n) is 2.47. The topological polar surface area (TPSA) is 26.3 Å². The van der Waals surface area contributed by atoms with Gasteiger partial charge in [0.25, 0.3) is 0 Å². The Hall–Kier alpha value is -0.580. The van der Waals surface area contributed by atoms with Crippen LogP contribution in [0.1, 0.15) is 39.0 Å². The molecule has 5 heteroatoms. The molecule has 0 aromatic heterocycles. The number of carbonyl (C=O) groups excluding carboxylic acids is 1. The summed E-state index contributed by atoms with van der Waals surface area (Å²) >= 11 is 0. The zero-order valence-electron chi connectivity index (χ0n) is 8.64. The van der Waals surface area contributed by atoms with Crippen molar-refractivity contribution in [3.63, 3.8) is 0 Å². The van der Waals surface area contributed by atoms with E-state index in [1.807, 2.05) is 6.92 Å². The molecule has 0 amide bonds. The van der Waals surface area contributed by atoms with E-state index in [4.69, 9.17) is 4.74 Å². The Kier molecular flexibility index (Phi) is 4.13. The van der Waals surface area contributed by atoms with Gasteiger partial charge >= 0.3 is 6.18 Å². The van der Waals surface area contributed by atoms with E-state index < -0.39 is 18.7 Å². The fourth-order valence-corrected chi connectivity index (χ4v) is 1.66. The normalized spacial score (nSPS) is 26.9. The lowest BCUT2D eigenvalue weighted by Gasteiger charge is -2.10. The monoisotopic (exact) mass is 224 g/mol. The molecule has 2 unspecified atom stereocenters. The van der Waals surface area contributed by atoms with Crippen molar-refractivity contribution in [2.45, 2.75) is 57.4 Å². The first-order valence-corrected chi connectivity index (χ1v) is 5.13. The molecule has 0 radical (unpaired) electrons. The van der Waals surface area contributed by atoms with Crippen molar-refractivity contribution in [3.8, 4) is 0 Å². The minimum Gasteiger partial charge on any atom is -0.368 e. The lowest BCUT2D eigenvalue weighted by atomic mass is 10.1. The smallest absolute Gasteiger partial charge is 0.368 e. The van der Waals surface area contributed by atoms with Crippen LogP contribution in [0.4, 0.5) is 13.2 Å². The van der Waals surface area contributed by atoms with Crippen LogP contribution in [0.5, 0.6) is 0 Å². The molecule has 0 aromatic carbocycles. The number of halogens is 3. The maximum Gasteiger partial charge on any atom is 0.389 e. The maximum atomic E-state index is 11.8. The van der Waals surface area contributed by atoms with E-state index in [0.29, 0.717) is 6.42 Å². The predicted octanol–water partition coefficient (Wildman–Crippen LogP) is 2.86. The molecule has 88 valence electrons. The van der Waals surface area contributed by atoms with E-state index in [0.717, 1.165) is 6.42 Å². The lowest BCUT2D eigenvalue weighted by molar-refractivity contribution is -0.139. The Morgan fingerprint density at radius 2 is 2.07 bits per heavy atom. The largest absolute Gasteiger partial charge is 0.389 e. The van der Waals surface area contributed by atoms with Gasteiger partial charge in [-0.2, -0.15) is 13.2 Å². The molecular weight excluding hydrogens is 209 g/mol. The van der Waals surface area contributed by atoms with Crippen molar-refractivity contribution in [2.24, 2.45) is 0 Å². The Balaban J connectivity index is 2.19. The molecule has 2 atom stereocenters. The van der Waals surface area contributed by atoms with Gasteiger partial charge in [0.15, 0.2) is 5.78 Å². The number of hydrogen-bond donors (Lipinski definition) is 0. The standard InChI is InChI=1S/C10H15F3O2/c1-7-4-5-9(15-7)8(14)3-2-6-10(11,12)13/h7,9H,2-6H2,1H3. The first-order chi connectivity index (χ1) is 6.88. The summed E-state index contributed by atoms with van der Waals surface area (Å²) in [6.07, 6.45) is -4.16. The van der Waals surface area contributed by atoms with Gasteiger partial charge in [-0.25, -0.2) is 0 Å². The van der Waals surface area contributed by atoms with E-state index in [-0.39, 0.29) is 24.7 Å². The minimum atomic E-state index is -4.16. The van der Waals surface area contributed by atoms with Gasteiger partial charge in [0.2, 0.25) is 0 Å². The molecule has 1 aliphatic heterocycles. The molecule has 15 heavy (non-hydrogen) atoms. The summed E-state index contributed by atoms with van der Waals surface area (Å²) in [6.45, 7) is 1.86. The first-order valence-electron chi connectivity index (χ1n) is 5.13. The first kappa shape index (κ1) is 12.5. The van der Waals surface area contributed by atoms with Crippen molar-refractivity contribution in [1.29, 1.82) is 0 Å². The summed E-state index contributed by atoms with van der Waals surface area (Å²) in [5, 5.41) is 0. The SMILES string of the molecule is CC1CCC(C(=O)CCCC(F)(F)F)O1. The second-order valence-corrected chi connectivity index (χ2v) is 3.95. The van der Waals surface area contributed by atoms with Crippen LogP contribution < -0.4 is 0 Å².